The van der Waals surface area contributed by atoms with Crippen LogP contribution in [0.25, 0.3) is 0 Å². The summed E-state index contributed by atoms with van der Waals surface area (Å²) in [7, 11) is -3.11. The third kappa shape index (κ3) is 18.7. The zero-order chi connectivity index (χ0) is 13.4. The Labute approximate surface area is 91.5 Å². The summed E-state index contributed by atoms with van der Waals surface area (Å²) >= 11 is 0. The average molecular weight is 258 g/mol. The van der Waals surface area contributed by atoms with Gasteiger partial charge in [-0.1, -0.05) is 0 Å². The van der Waals surface area contributed by atoms with E-state index < -0.39 is 25.7 Å². The maximum atomic E-state index is 10.3. The first-order valence-corrected chi connectivity index (χ1v) is 5.61. The van der Waals surface area contributed by atoms with E-state index in [2.05, 4.69) is 5.32 Å². The number of carbonyl (C=O) groups excluding carboxylic acids is 1. The fourth-order valence-electron chi connectivity index (χ4n) is 0.678. The summed E-state index contributed by atoms with van der Waals surface area (Å²) in [5.74, 6) is -1.44. The number of rotatable bonds is 5. The molecule has 7 N–H and O–H groups in total. The molecule has 0 fully saturated rings. The lowest BCUT2D eigenvalue weighted by Crippen LogP contribution is -2.34. The second kappa shape index (κ2) is 8.20. The molecule has 1 unspecified atom stereocenters. The fourth-order valence-corrected chi connectivity index (χ4v) is 0.678. The molecule has 0 bridgehead atoms. The largest absolute Gasteiger partial charge is 0.480 e. The molecule has 1 amide bonds. The molecule has 0 aliphatic rings. The molecule has 0 aromatic rings. The molecular formula is C6H15N2O7P. The van der Waals surface area contributed by atoms with Gasteiger partial charge < -0.3 is 30.8 Å². The Morgan fingerprint density at radius 2 is 1.75 bits per heavy atom. The number of carbonyl (C=O) groups is 2. The number of nitrogens with two attached hydrogens (primary N) is 1. The van der Waals surface area contributed by atoms with Crippen LogP contribution < -0.4 is 11.1 Å². The number of carboxylic acid groups (broad SMARTS) is 1. The van der Waals surface area contributed by atoms with Crippen LogP contribution in [0, 0.1) is 0 Å². The van der Waals surface area contributed by atoms with Crippen molar-refractivity contribution < 1.29 is 33.9 Å². The van der Waals surface area contributed by atoms with Crippen LogP contribution in [0.2, 0.25) is 0 Å². The standard InChI is InChI=1S/C6H12N2O3.H3O4P/c1-8-4(6(10)11)2-3-5(7)9;1-5(2,3)4/h4,8H,2-3H2,1H3,(H2,7,9)(H,10,11);(H3,1,2,3,4). The lowest BCUT2D eigenvalue weighted by molar-refractivity contribution is -0.139. The predicted octanol–water partition coefficient (Wildman–Crippen LogP) is -2.00. The molecule has 9 nitrogen and oxygen atoms in total. The topological polar surface area (TPSA) is 170 Å². The van der Waals surface area contributed by atoms with E-state index >= 15 is 0 Å². The molecule has 0 rings (SSSR count). The molecule has 0 radical (unpaired) electrons. The smallest absolute Gasteiger partial charge is 0.466 e. The highest BCUT2D eigenvalue weighted by molar-refractivity contribution is 7.45. The van der Waals surface area contributed by atoms with Crippen molar-refractivity contribution >= 4 is 19.7 Å². The Hall–Kier alpha value is -0.990. The Morgan fingerprint density at radius 1 is 1.38 bits per heavy atom. The molecule has 0 aliphatic carbocycles. The molecule has 0 saturated carbocycles. The van der Waals surface area contributed by atoms with E-state index in [1.54, 1.807) is 0 Å². The van der Waals surface area contributed by atoms with Crippen molar-refractivity contribution in [3.63, 3.8) is 0 Å². The van der Waals surface area contributed by atoms with Crippen LogP contribution >= 0.6 is 7.82 Å². The fraction of sp³-hybridized carbons (Fsp3) is 0.667. The van der Waals surface area contributed by atoms with Gasteiger partial charge in [-0.2, -0.15) is 0 Å². The molecule has 0 saturated heterocycles. The molecule has 16 heavy (non-hydrogen) atoms. The van der Waals surface area contributed by atoms with Crippen LogP contribution in [0.3, 0.4) is 0 Å². The van der Waals surface area contributed by atoms with E-state index in [0.717, 1.165) is 0 Å². The van der Waals surface area contributed by atoms with Gasteiger partial charge in [0.05, 0.1) is 0 Å². The molecular weight excluding hydrogens is 243 g/mol. The molecule has 0 spiro atoms. The minimum Gasteiger partial charge on any atom is -0.480 e. The van der Waals surface area contributed by atoms with Crippen molar-refractivity contribution in [3.8, 4) is 0 Å². The number of likely N-dealkylation sites (N-methyl/N-ethyl adjacent to an activating group) is 1. The van der Waals surface area contributed by atoms with Gasteiger partial charge in [0.2, 0.25) is 5.91 Å². The summed E-state index contributed by atoms with van der Waals surface area (Å²) in [5, 5.41) is 11.0. The van der Waals surface area contributed by atoms with Gasteiger partial charge >= 0.3 is 13.8 Å². The molecule has 0 aromatic heterocycles. The molecule has 0 aromatic carbocycles. The van der Waals surface area contributed by atoms with Crippen molar-refractivity contribution in [1.29, 1.82) is 0 Å². The maximum Gasteiger partial charge on any atom is 0.466 e. The molecule has 0 aliphatic heterocycles. The van der Waals surface area contributed by atoms with E-state index in [0.29, 0.717) is 0 Å². The van der Waals surface area contributed by atoms with E-state index in [9.17, 15) is 9.59 Å². The predicted molar refractivity (Wildman–Crippen MR) is 53.2 cm³/mol. The van der Waals surface area contributed by atoms with Gasteiger partial charge in [0.15, 0.2) is 0 Å². The van der Waals surface area contributed by atoms with Crippen molar-refractivity contribution in [1.82, 2.24) is 5.32 Å². The molecule has 0 heterocycles. The monoisotopic (exact) mass is 258 g/mol. The van der Waals surface area contributed by atoms with Gasteiger partial charge in [-0.15, -0.1) is 0 Å². The van der Waals surface area contributed by atoms with Crippen LogP contribution in [0.4, 0.5) is 0 Å². The Balaban J connectivity index is 0. The van der Waals surface area contributed by atoms with Crippen LogP contribution in [0.1, 0.15) is 12.8 Å². The minimum atomic E-state index is -4.64. The van der Waals surface area contributed by atoms with Crippen molar-refractivity contribution in [2.75, 3.05) is 7.05 Å². The molecule has 96 valence electrons. The first kappa shape index (κ1) is 17.4. The average Bonchev–Trinajstić information content (AvgIpc) is 2.00. The number of phosphoric acid groups is 1. The summed E-state index contributed by atoms with van der Waals surface area (Å²) in [5.41, 5.74) is 4.84. The van der Waals surface area contributed by atoms with E-state index in [4.69, 9.17) is 30.1 Å². The number of amides is 1. The number of hydrogen-bond donors (Lipinski definition) is 6. The Morgan fingerprint density at radius 3 is 1.94 bits per heavy atom. The minimum absolute atomic E-state index is 0.0950. The third-order valence-electron chi connectivity index (χ3n) is 1.33. The van der Waals surface area contributed by atoms with Gasteiger partial charge in [0.1, 0.15) is 6.04 Å². The first-order valence-electron chi connectivity index (χ1n) is 4.04. The Kier molecular flexibility index (Phi) is 8.92. The second-order valence-electron chi connectivity index (χ2n) is 2.70. The van der Waals surface area contributed by atoms with Crippen LogP contribution in [-0.4, -0.2) is 44.8 Å². The van der Waals surface area contributed by atoms with Gasteiger partial charge in [-0.3, -0.25) is 9.59 Å². The molecule has 10 heteroatoms. The zero-order valence-corrected chi connectivity index (χ0v) is 9.42. The van der Waals surface area contributed by atoms with Crippen molar-refractivity contribution in [2.45, 2.75) is 18.9 Å². The SMILES string of the molecule is CNC(CCC(N)=O)C(=O)O.O=P(O)(O)O. The van der Waals surface area contributed by atoms with Gasteiger partial charge in [-0.05, 0) is 13.5 Å². The van der Waals surface area contributed by atoms with Crippen LogP contribution in [-0.2, 0) is 14.2 Å². The number of primary amides is 1. The lowest BCUT2D eigenvalue weighted by Gasteiger charge is -2.08. The lowest BCUT2D eigenvalue weighted by atomic mass is 10.1. The van der Waals surface area contributed by atoms with E-state index in [1.807, 2.05) is 0 Å². The van der Waals surface area contributed by atoms with Gasteiger partial charge in [0, 0.05) is 6.42 Å². The highest BCUT2D eigenvalue weighted by Gasteiger charge is 2.14. The summed E-state index contributed by atoms with van der Waals surface area (Å²) < 4.78 is 8.88. The second-order valence-corrected chi connectivity index (χ2v) is 3.72. The quantitative estimate of drug-likeness (QED) is 0.307. The summed E-state index contributed by atoms with van der Waals surface area (Å²) in [6.07, 6.45) is 0.332. The normalized spacial score (nSPS) is 12.2. The van der Waals surface area contributed by atoms with Crippen molar-refractivity contribution in [2.24, 2.45) is 5.73 Å². The maximum absolute atomic E-state index is 10.3. The number of nitrogens with one attached hydrogen (secondary N) is 1. The highest BCUT2D eigenvalue weighted by Crippen LogP contribution is 2.25. The Bertz CT molecular complexity index is 268. The first-order chi connectivity index (χ1) is 7.07. The number of hydrogen-bond acceptors (Lipinski definition) is 4. The van der Waals surface area contributed by atoms with Gasteiger partial charge in [0.25, 0.3) is 0 Å². The third-order valence-corrected chi connectivity index (χ3v) is 1.33. The zero-order valence-electron chi connectivity index (χ0n) is 8.53. The number of aliphatic carboxylic acids is 1. The van der Waals surface area contributed by atoms with Crippen LogP contribution in [0.5, 0.6) is 0 Å². The van der Waals surface area contributed by atoms with E-state index in [1.165, 1.54) is 7.05 Å². The van der Waals surface area contributed by atoms with Crippen molar-refractivity contribution in [3.05, 3.63) is 0 Å². The van der Waals surface area contributed by atoms with E-state index in [-0.39, 0.29) is 12.8 Å². The summed E-state index contributed by atoms with van der Waals surface area (Å²) in [6, 6.07) is -0.678. The summed E-state index contributed by atoms with van der Waals surface area (Å²) in [4.78, 5) is 42.1. The number of carboxylic acids is 1. The van der Waals surface area contributed by atoms with Gasteiger partial charge in [-0.25, -0.2) is 4.57 Å². The molecule has 1 atom stereocenters. The highest BCUT2D eigenvalue weighted by atomic mass is 31.2. The van der Waals surface area contributed by atoms with Crippen LogP contribution in [0.15, 0.2) is 0 Å². The summed E-state index contributed by atoms with van der Waals surface area (Å²) in [6.45, 7) is 0.